The number of halogens is 2. The molecule has 0 radical (unpaired) electrons. The van der Waals surface area contributed by atoms with E-state index < -0.39 is 6.10 Å². The van der Waals surface area contributed by atoms with Crippen molar-refractivity contribution < 1.29 is 19.6 Å². The summed E-state index contributed by atoms with van der Waals surface area (Å²) in [6.07, 6.45) is 17.0. The van der Waals surface area contributed by atoms with Gasteiger partial charge in [-0.25, -0.2) is 28.8 Å². The van der Waals surface area contributed by atoms with Crippen LogP contribution in [0.25, 0.3) is 0 Å². The van der Waals surface area contributed by atoms with Crippen molar-refractivity contribution in [2.24, 2.45) is 20.0 Å². The molecule has 0 aromatic heterocycles. The molecule has 2 aromatic carbocycles. The molecule has 0 N–H and O–H groups in total. The van der Waals surface area contributed by atoms with Gasteiger partial charge in [-0.05, 0) is 111 Å². The Kier molecular flexibility index (Phi) is 8.73. The van der Waals surface area contributed by atoms with E-state index in [0.717, 1.165) is 22.7 Å². The van der Waals surface area contributed by atoms with Gasteiger partial charge in [-0.15, -0.1) is 0 Å². The molecule has 7 rings (SSSR count). The first-order chi connectivity index (χ1) is 23.8. The fourth-order valence-electron chi connectivity index (χ4n) is 5.84. The topological polar surface area (TPSA) is 67.9 Å². The van der Waals surface area contributed by atoms with Gasteiger partial charge in [0.2, 0.25) is 0 Å². The van der Waals surface area contributed by atoms with Crippen LogP contribution in [0.15, 0.2) is 163 Å². The minimum absolute atomic E-state index is 0.229. The van der Waals surface area contributed by atoms with Crippen LogP contribution in [0, 0.1) is 11.6 Å². The number of allylic oxidation sites excluding steroid dienone is 10. The second-order valence-corrected chi connectivity index (χ2v) is 11.8. The minimum Gasteiger partial charge on any atom is -0.373 e. The van der Waals surface area contributed by atoms with Crippen LogP contribution in [0.1, 0.15) is 26.3 Å². The summed E-state index contributed by atoms with van der Waals surface area (Å²) in [6.45, 7) is 4.42. The summed E-state index contributed by atoms with van der Waals surface area (Å²) in [5, 5.41) is 0. The molecule has 48 heavy (non-hydrogen) atoms. The van der Waals surface area contributed by atoms with E-state index in [1.54, 1.807) is 36.4 Å². The van der Waals surface area contributed by atoms with Crippen LogP contribution in [0.4, 0.5) is 8.78 Å². The predicted octanol–water partition coefficient (Wildman–Crippen LogP) is 7.89. The van der Waals surface area contributed by atoms with E-state index in [0.29, 0.717) is 64.7 Å². The molecular formula is C40H34F2N4O2. The SMILES string of the molecule is [2H]C1=C(C(C)OCCc2ccccc2F)C2=CC3=NC(=CC4=NC(=CC5=NC(=CC1=N2)C=C5)C=C4)C(C(C)OCCc1ccccc1F)=C3. The number of aliphatic imine (C=N–C) groups is 4. The Labute approximate surface area is 280 Å². The highest BCUT2D eigenvalue weighted by atomic mass is 19.1. The third-order valence-corrected chi connectivity index (χ3v) is 8.38. The number of benzene rings is 2. The first-order valence-corrected chi connectivity index (χ1v) is 16.0. The lowest BCUT2D eigenvalue weighted by molar-refractivity contribution is 0.0933. The quantitative estimate of drug-likeness (QED) is 0.265. The highest BCUT2D eigenvalue weighted by Crippen LogP contribution is 2.31. The van der Waals surface area contributed by atoms with E-state index >= 15 is 0 Å². The fourth-order valence-corrected chi connectivity index (χ4v) is 5.84. The Morgan fingerprint density at radius 1 is 0.583 bits per heavy atom. The molecule has 2 aromatic rings. The molecule has 8 bridgehead atoms. The zero-order chi connectivity index (χ0) is 33.9. The van der Waals surface area contributed by atoms with Crippen LogP contribution >= 0.6 is 0 Å². The monoisotopic (exact) mass is 641 g/mol. The molecule has 0 saturated heterocycles. The highest BCUT2D eigenvalue weighted by Gasteiger charge is 2.25. The van der Waals surface area contributed by atoms with Crippen LogP contribution in [-0.2, 0) is 22.3 Å². The molecule has 0 fully saturated rings. The van der Waals surface area contributed by atoms with E-state index in [2.05, 4.69) is 0 Å². The van der Waals surface area contributed by atoms with Gasteiger partial charge in [-0.1, -0.05) is 36.4 Å². The number of ether oxygens (including phenoxy) is 2. The summed E-state index contributed by atoms with van der Waals surface area (Å²) in [6, 6.07) is 13.6. The van der Waals surface area contributed by atoms with E-state index in [1.165, 1.54) is 12.1 Å². The van der Waals surface area contributed by atoms with E-state index in [1.807, 2.05) is 68.5 Å². The number of rotatable bonds is 10. The molecule has 0 spiro atoms. The Morgan fingerprint density at radius 3 is 1.71 bits per heavy atom. The van der Waals surface area contributed by atoms with E-state index in [9.17, 15) is 8.78 Å². The molecule has 6 nitrogen and oxygen atoms in total. The van der Waals surface area contributed by atoms with Crippen LogP contribution in [-0.4, -0.2) is 48.3 Å². The molecule has 0 amide bonds. The molecule has 5 heterocycles. The maximum atomic E-state index is 14.2. The molecule has 8 heteroatoms. The van der Waals surface area contributed by atoms with Crippen molar-refractivity contribution in [2.45, 2.75) is 38.9 Å². The lowest BCUT2D eigenvalue weighted by atomic mass is 10.0. The fraction of sp³-hybridized carbons (Fsp3) is 0.200. The molecule has 5 aliphatic heterocycles. The van der Waals surface area contributed by atoms with Crippen molar-refractivity contribution in [1.82, 2.24) is 0 Å². The second kappa shape index (κ2) is 13.9. The van der Waals surface area contributed by atoms with Crippen molar-refractivity contribution >= 4 is 22.8 Å². The molecule has 0 aliphatic carbocycles. The first-order valence-electron chi connectivity index (χ1n) is 16.5. The lowest BCUT2D eigenvalue weighted by Gasteiger charge is -2.15. The van der Waals surface area contributed by atoms with Crippen molar-refractivity contribution in [2.75, 3.05) is 13.2 Å². The summed E-state index contributed by atoms with van der Waals surface area (Å²) in [5.74, 6) is -0.520. The van der Waals surface area contributed by atoms with Crippen LogP contribution in [0.3, 0.4) is 0 Å². The summed E-state index contributed by atoms with van der Waals surface area (Å²) in [5.41, 5.74) is 7.87. The minimum atomic E-state index is -0.508. The highest BCUT2D eigenvalue weighted by molar-refractivity contribution is 6.15. The van der Waals surface area contributed by atoms with Crippen molar-refractivity contribution in [3.63, 3.8) is 0 Å². The average Bonchev–Trinajstić information content (AvgIpc) is 3.87. The van der Waals surface area contributed by atoms with E-state index in [-0.39, 0.29) is 30.4 Å². The predicted molar refractivity (Wildman–Crippen MR) is 188 cm³/mol. The van der Waals surface area contributed by atoms with Gasteiger partial charge in [0.05, 0.1) is 72.4 Å². The van der Waals surface area contributed by atoms with E-state index in [4.69, 9.17) is 30.8 Å². The van der Waals surface area contributed by atoms with Gasteiger partial charge in [-0.2, -0.15) is 0 Å². The number of fused-ring (bicyclic) bond motifs is 4. The number of nitrogens with zero attached hydrogens (tertiary/aromatic N) is 4. The van der Waals surface area contributed by atoms with Crippen molar-refractivity contribution in [3.05, 3.63) is 166 Å². The summed E-state index contributed by atoms with van der Waals surface area (Å²) < 4.78 is 50.0. The molecule has 0 saturated carbocycles. The summed E-state index contributed by atoms with van der Waals surface area (Å²) in [7, 11) is 0. The number of hydrogen-bond donors (Lipinski definition) is 0. The third kappa shape index (κ3) is 7.20. The first kappa shape index (κ1) is 30.2. The smallest absolute Gasteiger partial charge is 0.126 e. The van der Waals surface area contributed by atoms with Crippen molar-refractivity contribution in [1.29, 1.82) is 0 Å². The molecule has 240 valence electrons. The van der Waals surface area contributed by atoms with Gasteiger partial charge in [0.25, 0.3) is 0 Å². The maximum absolute atomic E-state index is 14.2. The zero-order valence-electron chi connectivity index (χ0n) is 27.7. The standard InChI is InChI=1S/C40H34F2N4O2/c1-25(47-17-15-27-7-3-5-9-37(27)41)35-21-33-20-31-12-11-29(43-31)19-30-13-14-32(44-30)23-39-36(22-34(46-39)24-40(35)45-33)26(2)48-18-16-28-8-4-6-10-38(28)42/h3-14,19-26H,15-18H2,1-2H3/i21D. The molecule has 5 aliphatic rings. The van der Waals surface area contributed by atoms with Crippen molar-refractivity contribution in [3.8, 4) is 0 Å². The van der Waals surface area contributed by atoms with Gasteiger partial charge in [0, 0.05) is 11.1 Å². The van der Waals surface area contributed by atoms with Gasteiger partial charge in [-0.3, -0.25) is 0 Å². The Bertz CT molecular complexity index is 2090. The Balaban J connectivity index is 1.20. The van der Waals surface area contributed by atoms with Gasteiger partial charge >= 0.3 is 0 Å². The molecule has 2 unspecified atom stereocenters. The van der Waals surface area contributed by atoms with Gasteiger partial charge < -0.3 is 9.47 Å². The molecule has 2 atom stereocenters. The second-order valence-electron chi connectivity index (χ2n) is 11.8. The lowest BCUT2D eigenvalue weighted by Crippen LogP contribution is -2.15. The molecular weight excluding hydrogens is 606 g/mol. The van der Waals surface area contributed by atoms with Gasteiger partial charge in [0.1, 0.15) is 11.6 Å². The van der Waals surface area contributed by atoms with Gasteiger partial charge in [0.15, 0.2) is 0 Å². The summed E-state index contributed by atoms with van der Waals surface area (Å²) >= 11 is 0. The number of hydrogen-bond acceptors (Lipinski definition) is 6. The normalized spacial score (nSPS) is 19.5. The Morgan fingerprint density at radius 2 is 1.08 bits per heavy atom. The van der Waals surface area contributed by atoms with Crippen LogP contribution < -0.4 is 0 Å². The Hall–Kier alpha value is -5.18. The maximum Gasteiger partial charge on any atom is 0.126 e. The zero-order valence-corrected chi connectivity index (χ0v) is 26.7. The van der Waals surface area contributed by atoms with Crippen LogP contribution in [0.5, 0.6) is 0 Å². The summed E-state index contributed by atoms with van der Waals surface area (Å²) in [4.78, 5) is 19.3. The average molecular weight is 642 g/mol. The largest absolute Gasteiger partial charge is 0.373 e. The third-order valence-electron chi connectivity index (χ3n) is 8.38. The van der Waals surface area contributed by atoms with Crippen LogP contribution in [0.2, 0.25) is 0 Å².